The number of hydrogen-bond donors (Lipinski definition) is 6. The molecule has 0 spiro atoms. The summed E-state index contributed by atoms with van der Waals surface area (Å²) in [5.74, 6) is -0.446. The van der Waals surface area contributed by atoms with Gasteiger partial charge in [-0.05, 0) is 55.5 Å². The van der Waals surface area contributed by atoms with Crippen LogP contribution in [0.15, 0.2) is 48.5 Å². The highest BCUT2D eigenvalue weighted by Gasteiger charge is 2.28. The second kappa shape index (κ2) is 14.7. The van der Waals surface area contributed by atoms with Gasteiger partial charge in [-0.2, -0.15) is 0 Å². The first kappa shape index (κ1) is 29.4. The molecular formula is C28H38N6O5. The zero-order valence-electron chi connectivity index (χ0n) is 22.0. The van der Waals surface area contributed by atoms with Crippen LogP contribution < -0.4 is 37.9 Å². The summed E-state index contributed by atoms with van der Waals surface area (Å²) in [4.78, 5) is 49.0. The topological polar surface area (TPSA) is 192 Å². The van der Waals surface area contributed by atoms with Crippen LogP contribution in [0.3, 0.4) is 0 Å². The van der Waals surface area contributed by atoms with Crippen molar-refractivity contribution in [3.05, 3.63) is 54.1 Å². The average molecular weight is 539 g/mol. The van der Waals surface area contributed by atoms with Crippen LogP contribution in [0, 0.1) is 5.92 Å². The summed E-state index contributed by atoms with van der Waals surface area (Å²) in [5, 5.41) is 8.15. The molecule has 0 radical (unpaired) electrons. The fraction of sp³-hybridized carbons (Fsp3) is 0.429. The minimum absolute atomic E-state index is 0.225. The molecule has 3 rings (SSSR count). The summed E-state index contributed by atoms with van der Waals surface area (Å²) in [7, 11) is 0. The number of primary amides is 2. The van der Waals surface area contributed by atoms with E-state index in [-0.39, 0.29) is 11.3 Å². The Morgan fingerprint density at radius 1 is 0.949 bits per heavy atom. The van der Waals surface area contributed by atoms with Gasteiger partial charge in [0.2, 0.25) is 17.7 Å². The maximum absolute atomic E-state index is 13.5. The van der Waals surface area contributed by atoms with Crippen molar-refractivity contribution < 1.29 is 23.9 Å². The molecule has 9 N–H and O–H groups in total. The van der Waals surface area contributed by atoms with E-state index in [1.54, 1.807) is 30.3 Å². The third-order valence-corrected chi connectivity index (χ3v) is 6.75. The summed E-state index contributed by atoms with van der Waals surface area (Å²) in [6, 6.07) is 11.1. The molecule has 39 heavy (non-hydrogen) atoms. The van der Waals surface area contributed by atoms with Crippen molar-refractivity contribution in [2.24, 2.45) is 23.1 Å². The van der Waals surface area contributed by atoms with Gasteiger partial charge >= 0.3 is 6.03 Å². The first-order chi connectivity index (χ1) is 18.7. The van der Waals surface area contributed by atoms with Crippen LogP contribution in [0.1, 0.15) is 61.7 Å². The molecule has 0 saturated heterocycles. The highest BCUT2D eigenvalue weighted by atomic mass is 16.5. The van der Waals surface area contributed by atoms with E-state index in [1.165, 1.54) is 12.1 Å². The van der Waals surface area contributed by atoms with Gasteiger partial charge in [0.1, 0.15) is 11.8 Å². The zero-order chi connectivity index (χ0) is 28.2. The molecule has 0 heterocycles. The van der Waals surface area contributed by atoms with Crippen LogP contribution in [0.2, 0.25) is 0 Å². The van der Waals surface area contributed by atoms with Crippen molar-refractivity contribution in [1.29, 1.82) is 0 Å². The standard InChI is InChI=1S/C28H38N6O5/c29-21(12-7-15-32-28(31)38)26(36)34-23(16-18-8-3-1-4-9-18)27(37)33-22-14-13-19(25(30)35)17-24(22)39-20-10-5-2-6-11-20/h2,5-6,10-11,13-14,17-18,21,23H,1,3-4,7-9,12,15-16,29H2,(H2,30,35)(H,33,37)(H,34,36)(H3,31,32,38)/t21-,23-/m0/s1. The molecule has 11 nitrogen and oxygen atoms in total. The SMILES string of the molecule is NC(=O)NCCC[C@H](N)C(=O)N[C@@H](CC1CCCCC1)C(=O)Nc1ccc(C(N)=O)cc1Oc1ccccc1. The van der Waals surface area contributed by atoms with E-state index in [0.29, 0.717) is 43.2 Å². The Morgan fingerprint density at radius 2 is 1.67 bits per heavy atom. The third-order valence-electron chi connectivity index (χ3n) is 6.75. The maximum atomic E-state index is 13.5. The van der Waals surface area contributed by atoms with Crippen LogP contribution in [0.5, 0.6) is 11.5 Å². The molecule has 0 unspecified atom stereocenters. The molecule has 11 heteroatoms. The van der Waals surface area contributed by atoms with Gasteiger partial charge in [0.05, 0.1) is 11.7 Å². The molecule has 1 fully saturated rings. The molecule has 1 aliphatic rings. The molecule has 5 amide bonds. The second-order valence-electron chi connectivity index (χ2n) is 9.82. The molecule has 2 atom stereocenters. The van der Waals surface area contributed by atoms with E-state index in [4.69, 9.17) is 21.9 Å². The maximum Gasteiger partial charge on any atom is 0.312 e. The number of ether oxygens (including phenoxy) is 1. The van der Waals surface area contributed by atoms with E-state index in [9.17, 15) is 19.2 Å². The lowest BCUT2D eigenvalue weighted by molar-refractivity contribution is -0.127. The largest absolute Gasteiger partial charge is 0.455 e. The number of nitrogens with one attached hydrogen (secondary N) is 3. The fourth-order valence-corrected chi connectivity index (χ4v) is 4.63. The van der Waals surface area contributed by atoms with E-state index >= 15 is 0 Å². The fourth-order valence-electron chi connectivity index (χ4n) is 4.63. The van der Waals surface area contributed by atoms with E-state index in [1.807, 2.05) is 6.07 Å². The van der Waals surface area contributed by atoms with Crippen LogP contribution in [0.4, 0.5) is 10.5 Å². The van der Waals surface area contributed by atoms with Gasteiger partial charge in [0.25, 0.3) is 0 Å². The highest BCUT2D eigenvalue weighted by molar-refractivity contribution is 6.00. The second-order valence-corrected chi connectivity index (χ2v) is 9.82. The predicted octanol–water partition coefficient (Wildman–Crippen LogP) is 2.75. The molecule has 1 aliphatic carbocycles. The quantitative estimate of drug-likeness (QED) is 0.212. The summed E-state index contributed by atoms with van der Waals surface area (Å²) < 4.78 is 5.95. The predicted molar refractivity (Wildman–Crippen MR) is 148 cm³/mol. The van der Waals surface area contributed by atoms with Gasteiger partial charge in [-0.15, -0.1) is 0 Å². The number of para-hydroxylation sites is 1. The van der Waals surface area contributed by atoms with Crippen molar-refractivity contribution in [3.63, 3.8) is 0 Å². The summed E-state index contributed by atoms with van der Waals surface area (Å²) >= 11 is 0. The summed E-state index contributed by atoms with van der Waals surface area (Å²) in [5.41, 5.74) is 17.1. The Balaban J connectivity index is 1.75. The number of rotatable bonds is 13. The number of anilines is 1. The van der Waals surface area contributed by atoms with Gasteiger partial charge in [-0.1, -0.05) is 50.3 Å². The number of benzene rings is 2. The van der Waals surface area contributed by atoms with E-state index in [2.05, 4.69) is 16.0 Å². The molecule has 2 aromatic rings. The van der Waals surface area contributed by atoms with Crippen LogP contribution >= 0.6 is 0 Å². The number of carbonyl (C=O) groups excluding carboxylic acids is 4. The lowest BCUT2D eigenvalue weighted by atomic mass is 9.84. The number of amides is 5. The smallest absolute Gasteiger partial charge is 0.312 e. The zero-order valence-corrected chi connectivity index (χ0v) is 22.0. The van der Waals surface area contributed by atoms with Crippen LogP contribution in [-0.2, 0) is 9.59 Å². The molecule has 1 saturated carbocycles. The Labute approximate surface area is 228 Å². The Bertz CT molecular complexity index is 1140. The minimum Gasteiger partial charge on any atom is -0.455 e. The number of hydrogen-bond acceptors (Lipinski definition) is 6. The van der Waals surface area contributed by atoms with Crippen molar-refractivity contribution in [1.82, 2.24) is 10.6 Å². The Kier molecular flexibility index (Phi) is 11.1. The Hall–Kier alpha value is -4.12. The first-order valence-corrected chi connectivity index (χ1v) is 13.3. The van der Waals surface area contributed by atoms with Gasteiger partial charge < -0.3 is 37.9 Å². The van der Waals surface area contributed by atoms with Gasteiger partial charge in [-0.25, -0.2) is 4.79 Å². The number of nitrogens with two attached hydrogens (primary N) is 3. The summed E-state index contributed by atoms with van der Waals surface area (Å²) in [6.07, 6.45) is 6.56. The van der Waals surface area contributed by atoms with Crippen LogP contribution in [0.25, 0.3) is 0 Å². The van der Waals surface area contributed by atoms with Crippen LogP contribution in [-0.4, -0.2) is 42.4 Å². The highest BCUT2D eigenvalue weighted by Crippen LogP contribution is 2.32. The van der Waals surface area contributed by atoms with Crippen molar-refractivity contribution in [3.8, 4) is 11.5 Å². The van der Waals surface area contributed by atoms with E-state index in [0.717, 1.165) is 32.1 Å². The molecule has 0 bridgehead atoms. The molecule has 0 aliphatic heterocycles. The molecule has 0 aromatic heterocycles. The lowest BCUT2D eigenvalue weighted by Crippen LogP contribution is -2.50. The number of urea groups is 1. The first-order valence-electron chi connectivity index (χ1n) is 13.3. The normalized spacial score (nSPS) is 15.0. The molecular weight excluding hydrogens is 500 g/mol. The van der Waals surface area contributed by atoms with Crippen molar-refractivity contribution >= 4 is 29.4 Å². The van der Waals surface area contributed by atoms with Gasteiger partial charge in [0, 0.05) is 12.1 Å². The monoisotopic (exact) mass is 538 g/mol. The lowest BCUT2D eigenvalue weighted by Gasteiger charge is -2.27. The van der Waals surface area contributed by atoms with Crippen molar-refractivity contribution in [2.75, 3.05) is 11.9 Å². The average Bonchev–Trinajstić information content (AvgIpc) is 2.92. The van der Waals surface area contributed by atoms with Crippen molar-refractivity contribution in [2.45, 2.75) is 63.5 Å². The van der Waals surface area contributed by atoms with Gasteiger partial charge in [0.15, 0.2) is 5.75 Å². The molecule has 2 aromatic carbocycles. The minimum atomic E-state index is -0.854. The number of carbonyl (C=O) groups is 4. The van der Waals surface area contributed by atoms with Gasteiger partial charge in [-0.3, -0.25) is 14.4 Å². The third kappa shape index (κ3) is 9.60. The van der Waals surface area contributed by atoms with E-state index < -0.39 is 35.8 Å². The summed E-state index contributed by atoms with van der Waals surface area (Å²) in [6.45, 7) is 0.299. The molecule has 210 valence electrons. The Morgan fingerprint density at radius 3 is 2.33 bits per heavy atom.